The molecule has 1 aromatic carbocycles. The van der Waals surface area contributed by atoms with Gasteiger partial charge < -0.3 is 21.5 Å². The third-order valence-corrected chi connectivity index (χ3v) is 7.96. The number of amides is 1. The molecule has 0 saturated heterocycles. The number of hydrogen-bond acceptors (Lipinski definition) is 5. The Morgan fingerprint density at radius 2 is 2.00 bits per heavy atom. The van der Waals surface area contributed by atoms with Gasteiger partial charge in [0.1, 0.15) is 5.82 Å². The van der Waals surface area contributed by atoms with Gasteiger partial charge in [0.25, 0.3) is 0 Å². The number of aliphatic hydroxyl groups is 1. The molecule has 0 bridgehead atoms. The Morgan fingerprint density at radius 1 is 1.29 bits per heavy atom. The molecule has 38 heavy (non-hydrogen) atoms. The highest BCUT2D eigenvalue weighted by atomic mass is 35.5. The molecule has 4 rings (SSSR count). The van der Waals surface area contributed by atoms with Gasteiger partial charge in [0.15, 0.2) is 11.6 Å². The van der Waals surface area contributed by atoms with E-state index in [0.29, 0.717) is 43.6 Å². The Kier molecular flexibility index (Phi) is 8.37. The van der Waals surface area contributed by atoms with Crippen LogP contribution < -0.4 is 16.4 Å². The number of hydrogen-bond donors (Lipinski definition) is 4. The highest BCUT2D eigenvalue weighted by Gasteiger charge is 2.38. The summed E-state index contributed by atoms with van der Waals surface area (Å²) < 4.78 is 30.2. The van der Waals surface area contributed by atoms with Crippen molar-refractivity contribution in [3.05, 3.63) is 34.5 Å². The van der Waals surface area contributed by atoms with E-state index < -0.39 is 17.0 Å². The summed E-state index contributed by atoms with van der Waals surface area (Å²) in [6.45, 7) is 7.28. The second-order valence-corrected chi connectivity index (χ2v) is 10.9. The summed E-state index contributed by atoms with van der Waals surface area (Å²) in [4.78, 5) is 25.5. The van der Waals surface area contributed by atoms with E-state index in [2.05, 4.69) is 27.3 Å². The fourth-order valence-corrected chi connectivity index (χ4v) is 5.56. The predicted octanol–water partition coefficient (Wildman–Crippen LogP) is 5.05. The van der Waals surface area contributed by atoms with Crippen LogP contribution >= 0.6 is 11.6 Å². The first kappa shape index (κ1) is 28.0. The van der Waals surface area contributed by atoms with E-state index >= 15 is 0 Å². The molecule has 1 aromatic heterocycles. The molecule has 9 nitrogen and oxygen atoms in total. The van der Waals surface area contributed by atoms with Gasteiger partial charge in [0.05, 0.1) is 22.5 Å². The number of nitrogens with zero attached hydrogens (tertiary/aromatic N) is 4. The second kappa shape index (κ2) is 11.4. The van der Waals surface area contributed by atoms with Gasteiger partial charge in [-0.3, -0.25) is 9.36 Å². The Morgan fingerprint density at radius 3 is 2.61 bits per heavy atom. The van der Waals surface area contributed by atoms with Gasteiger partial charge in [0.2, 0.25) is 17.8 Å². The van der Waals surface area contributed by atoms with Gasteiger partial charge in [-0.05, 0) is 71.1 Å². The first-order valence-corrected chi connectivity index (χ1v) is 13.2. The second-order valence-electron chi connectivity index (χ2n) is 10.5. The number of benzene rings is 1. The monoisotopic (exact) mass is 549 g/mol. The maximum Gasteiger partial charge on any atom is 0.224 e. The minimum Gasteiger partial charge on any atom is -0.393 e. The number of nitrogens with one attached hydrogen (secondary N) is 2. The molecule has 2 fully saturated rings. The summed E-state index contributed by atoms with van der Waals surface area (Å²) in [6, 6.07) is 1.62. The van der Waals surface area contributed by atoms with Crippen molar-refractivity contribution in [1.29, 1.82) is 0 Å². The topological polar surface area (TPSA) is 130 Å². The molecular formula is C26H34ClF2N7O2. The maximum atomic E-state index is 14.7. The Balaban J connectivity index is 1.73. The highest BCUT2D eigenvalue weighted by Crippen LogP contribution is 2.44. The standard InChI is InChI=1S/C26H34ClF2N7O2/c1-14-22(35-24(31-3)33-16-5-4-6-18(37)13-16)36(17-7-9-26(2,10-8-17)23(30)38)25(32-14)34-21-19(27)11-15(28)12-20(21)29/h11-12,16-18,37H,3-10,13H2,1-2H3,(H2,30,38)(H,32,34)(H,33,35)/t16-,17-,18+,26+/m1/s1. The first-order chi connectivity index (χ1) is 18.0. The van der Waals surface area contributed by atoms with Crippen LogP contribution in [0.2, 0.25) is 5.02 Å². The average molecular weight is 550 g/mol. The number of imidazole rings is 1. The molecular weight excluding hydrogens is 516 g/mol. The largest absolute Gasteiger partial charge is 0.393 e. The summed E-state index contributed by atoms with van der Waals surface area (Å²) in [5.74, 6) is -0.956. The predicted molar refractivity (Wildman–Crippen MR) is 144 cm³/mol. The third kappa shape index (κ3) is 5.99. The first-order valence-electron chi connectivity index (χ1n) is 12.8. The number of guanidine groups is 1. The number of carbonyl (C=O) groups excluding carboxylic acids is 1. The van der Waals surface area contributed by atoms with Crippen molar-refractivity contribution < 1.29 is 18.7 Å². The summed E-state index contributed by atoms with van der Waals surface area (Å²) in [5, 5.41) is 16.1. The number of primary amides is 1. The lowest BCUT2D eigenvalue weighted by Crippen LogP contribution is -2.39. The zero-order valence-electron chi connectivity index (χ0n) is 21.6. The van der Waals surface area contributed by atoms with Crippen LogP contribution in [0.25, 0.3) is 0 Å². The fraction of sp³-hybridized carbons (Fsp3) is 0.538. The number of aliphatic hydroxyl groups excluding tert-OH is 1. The summed E-state index contributed by atoms with van der Waals surface area (Å²) >= 11 is 6.16. The van der Waals surface area contributed by atoms with Gasteiger partial charge in [0, 0.05) is 23.6 Å². The molecule has 0 aliphatic heterocycles. The summed E-state index contributed by atoms with van der Waals surface area (Å²) in [7, 11) is 0. The SMILES string of the molecule is C=N/C(=N\c1c(C)nc(Nc2c(F)cc(F)cc2Cl)n1[C@H]1CC[C@@](C)(C(N)=O)CC1)N[C@@H]1CCC[C@H](O)C1. The van der Waals surface area contributed by atoms with Crippen LogP contribution in [0.4, 0.5) is 26.2 Å². The molecule has 1 amide bonds. The molecule has 206 valence electrons. The van der Waals surface area contributed by atoms with Crippen molar-refractivity contribution >= 4 is 47.6 Å². The van der Waals surface area contributed by atoms with Crippen LogP contribution in [0.1, 0.15) is 70.0 Å². The Hall–Kier alpha value is -3.05. The fourth-order valence-electron chi connectivity index (χ4n) is 5.32. The van der Waals surface area contributed by atoms with Crippen LogP contribution in [0.5, 0.6) is 0 Å². The number of carbonyl (C=O) groups is 1. The molecule has 2 atom stereocenters. The molecule has 2 aromatic rings. The molecule has 2 aliphatic carbocycles. The lowest BCUT2D eigenvalue weighted by Gasteiger charge is -2.36. The zero-order chi connectivity index (χ0) is 27.6. The number of anilines is 2. The third-order valence-electron chi connectivity index (χ3n) is 7.66. The molecule has 2 saturated carbocycles. The molecule has 0 spiro atoms. The van der Waals surface area contributed by atoms with Gasteiger partial charge in [-0.25, -0.2) is 18.8 Å². The number of aryl methyl sites for hydroxylation is 1. The molecule has 12 heteroatoms. The zero-order valence-corrected chi connectivity index (χ0v) is 22.4. The maximum absolute atomic E-state index is 14.7. The number of halogens is 3. The van der Waals surface area contributed by atoms with Gasteiger partial charge in [-0.15, -0.1) is 0 Å². The Labute approximate surface area is 225 Å². The van der Waals surface area contributed by atoms with Crippen LogP contribution in [0.15, 0.2) is 22.1 Å². The van der Waals surface area contributed by atoms with Gasteiger partial charge in [-0.1, -0.05) is 18.5 Å². The Bertz CT molecular complexity index is 1220. The van der Waals surface area contributed by atoms with Crippen molar-refractivity contribution in [2.24, 2.45) is 21.1 Å². The number of nitrogens with two attached hydrogens (primary N) is 1. The molecule has 0 radical (unpaired) electrons. The highest BCUT2D eigenvalue weighted by molar-refractivity contribution is 6.33. The van der Waals surface area contributed by atoms with Gasteiger partial charge >= 0.3 is 0 Å². The van der Waals surface area contributed by atoms with Crippen LogP contribution in [-0.2, 0) is 4.79 Å². The molecule has 5 N–H and O–H groups in total. The number of aromatic nitrogens is 2. The van der Waals surface area contributed by atoms with Crippen LogP contribution in [0, 0.1) is 24.0 Å². The minimum atomic E-state index is -0.858. The van der Waals surface area contributed by atoms with E-state index in [4.69, 9.17) is 22.3 Å². The molecule has 0 unspecified atom stereocenters. The van der Waals surface area contributed by atoms with Crippen LogP contribution in [-0.4, -0.2) is 45.4 Å². The van der Waals surface area contributed by atoms with E-state index in [-0.39, 0.29) is 46.7 Å². The lowest BCUT2D eigenvalue weighted by molar-refractivity contribution is -0.128. The molecule has 1 heterocycles. The average Bonchev–Trinajstić information content (AvgIpc) is 3.15. The van der Waals surface area contributed by atoms with E-state index in [0.717, 1.165) is 31.4 Å². The quantitative estimate of drug-likeness (QED) is 0.296. The van der Waals surface area contributed by atoms with E-state index in [1.54, 1.807) is 6.92 Å². The van der Waals surface area contributed by atoms with Crippen LogP contribution in [0.3, 0.4) is 0 Å². The van der Waals surface area contributed by atoms with Crippen molar-refractivity contribution in [2.75, 3.05) is 5.32 Å². The number of aliphatic imine (C=N–C) groups is 2. The molecule has 2 aliphatic rings. The van der Waals surface area contributed by atoms with Crippen molar-refractivity contribution in [3.63, 3.8) is 0 Å². The van der Waals surface area contributed by atoms with E-state index in [1.807, 2.05) is 11.5 Å². The lowest BCUT2D eigenvalue weighted by atomic mass is 9.73. The van der Waals surface area contributed by atoms with Crippen molar-refractivity contribution in [2.45, 2.75) is 83.4 Å². The number of rotatable bonds is 6. The summed E-state index contributed by atoms with van der Waals surface area (Å²) in [6.07, 6.45) is 5.04. The normalized spacial score (nSPS) is 26.2. The van der Waals surface area contributed by atoms with Gasteiger partial charge in [-0.2, -0.15) is 4.99 Å². The van der Waals surface area contributed by atoms with E-state index in [9.17, 15) is 18.7 Å². The minimum absolute atomic E-state index is 0.00431. The van der Waals surface area contributed by atoms with E-state index in [1.165, 1.54) is 0 Å². The van der Waals surface area contributed by atoms with Crippen molar-refractivity contribution in [3.8, 4) is 0 Å². The smallest absolute Gasteiger partial charge is 0.224 e. The van der Waals surface area contributed by atoms with Crippen molar-refractivity contribution in [1.82, 2.24) is 14.9 Å². The summed E-state index contributed by atoms with van der Waals surface area (Å²) in [5.41, 5.74) is 5.47.